The van der Waals surface area contributed by atoms with Gasteiger partial charge < -0.3 is 0 Å². The summed E-state index contributed by atoms with van der Waals surface area (Å²) in [4.78, 5) is 9.64. The van der Waals surface area contributed by atoms with Gasteiger partial charge in [-0.1, -0.05) is 0 Å². The molecule has 0 atom stereocenters. The van der Waals surface area contributed by atoms with Gasteiger partial charge >= 0.3 is 0 Å². The largest absolute Gasteiger partial charge is 0.261 e. The number of hydrogen-bond donors (Lipinski definition) is 0. The third-order valence-electron chi connectivity index (χ3n) is 0.846. The van der Waals surface area contributed by atoms with Gasteiger partial charge in [-0.25, -0.2) is 0 Å². The van der Waals surface area contributed by atoms with Gasteiger partial charge in [0.25, 0.3) is 0 Å². The average molecular weight is 106 g/mol. The summed E-state index contributed by atoms with van der Waals surface area (Å²) in [5.41, 5.74) is 0. The molecule has 7 heavy (non-hydrogen) atoms. The van der Waals surface area contributed by atoms with E-state index >= 15 is 0 Å². The molecule has 0 radical (unpaired) electrons. The predicted molar refractivity (Wildman–Crippen MR) is 28.7 cm³/mol. The van der Waals surface area contributed by atoms with Crippen LogP contribution < -0.4 is 0 Å². The fraction of sp³-hybridized carbons (Fsp3) is 1.00. The highest BCUT2D eigenvalue weighted by atomic mass is 16.3. The van der Waals surface area contributed by atoms with E-state index < -0.39 is 0 Å². The van der Waals surface area contributed by atoms with E-state index in [0.29, 0.717) is 13.1 Å². The van der Waals surface area contributed by atoms with E-state index in [4.69, 9.17) is 0 Å². The van der Waals surface area contributed by atoms with Crippen molar-refractivity contribution in [3.05, 3.63) is 4.91 Å². The van der Waals surface area contributed by atoms with Crippen molar-refractivity contribution in [1.82, 2.24) is 5.01 Å². The van der Waals surface area contributed by atoms with Crippen LogP contribution in [0.5, 0.6) is 0 Å². The number of hydrogen-bond acceptors (Lipinski definition) is 2. The standard InChI is InChI=1S/C4H10N2O/c1-3-6(4-2)5-7/h3-4H2,1-2H3/i1+1,2+1,3+1,4+1. The van der Waals surface area contributed by atoms with Gasteiger partial charge in [0, 0.05) is 13.1 Å². The quantitative estimate of drug-likeness (QED) is 0.305. The lowest BCUT2D eigenvalue weighted by Gasteiger charge is -2.06. The minimum absolute atomic E-state index is 0.708. The van der Waals surface area contributed by atoms with Crippen LogP contribution in [0, 0.1) is 4.91 Å². The fourth-order valence-corrected chi connectivity index (χ4v) is 0.339. The molecule has 0 aromatic carbocycles. The minimum atomic E-state index is 0.708. The molecule has 0 saturated heterocycles. The Bertz CT molecular complexity index is 51.7. The topological polar surface area (TPSA) is 32.7 Å². The lowest BCUT2D eigenvalue weighted by Crippen LogP contribution is -2.14. The van der Waals surface area contributed by atoms with Crippen molar-refractivity contribution >= 4 is 0 Å². The van der Waals surface area contributed by atoms with Crippen LogP contribution in [0.2, 0.25) is 0 Å². The lowest BCUT2D eigenvalue weighted by atomic mass is 11.4. The Labute approximate surface area is 43.3 Å². The van der Waals surface area contributed by atoms with Gasteiger partial charge in [0.05, 0.1) is 5.29 Å². The van der Waals surface area contributed by atoms with E-state index in [1.165, 1.54) is 5.01 Å². The second-order valence-electron chi connectivity index (χ2n) is 1.22. The monoisotopic (exact) mass is 106 g/mol. The van der Waals surface area contributed by atoms with Gasteiger partial charge in [0.2, 0.25) is 0 Å². The Morgan fingerprint density at radius 1 is 1.43 bits per heavy atom. The van der Waals surface area contributed by atoms with Crippen LogP contribution in [0.3, 0.4) is 0 Å². The van der Waals surface area contributed by atoms with Crippen LogP contribution in [0.15, 0.2) is 5.29 Å². The second-order valence-corrected chi connectivity index (χ2v) is 1.22. The molecule has 0 aliphatic carbocycles. The molecular formula is C4H10N2O. The highest BCUT2D eigenvalue weighted by molar-refractivity contribution is 4.38. The highest BCUT2D eigenvalue weighted by Gasteiger charge is 1.88. The molecule has 0 unspecified atom stereocenters. The van der Waals surface area contributed by atoms with Gasteiger partial charge in [-0.2, -0.15) is 0 Å². The fourth-order valence-electron chi connectivity index (χ4n) is 0.339. The van der Waals surface area contributed by atoms with Crippen molar-refractivity contribution < 1.29 is 0 Å². The second kappa shape index (κ2) is 3.59. The molecule has 0 aliphatic rings. The summed E-state index contributed by atoms with van der Waals surface area (Å²) >= 11 is 0. The van der Waals surface area contributed by atoms with Crippen molar-refractivity contribution in [2.75, 3.05) is 13.1 Å². The van der Waals surface area contributed by atoms with E-state index in [2.05, 4.69) is 5.29 Å². The Morgan fingerprint density at radius 2 is 1.86 bits per heavy atom. The van der Waals surface area contributed by atoms with Crippen molar-refractivity contribution in [1.29, 1.82) is 0 Å². The van der Waals surface area contributed by atoms with E-state index in [1.54, 1.807) is 0 Å². The van der Waals surface area contributed by atoms with Gasteiger partial charge in [-0.3, -0.25) is 5.01 Å². The molecule has 0 N–H and O–H groups in total. The molecule has 3 heteroatoms. The van der Waals surface area contributed by atoms with E-state index in [-0.39, 0.29) is 0 Å². The van der Waals surface area contributed by atoms with Crippen molar-refractivity contribution in [2.24, 2.45) is 5.29 Å². The zero-order valence-corrected chi connectivity index (χ0v) is 4.72. The summed E-state index contributed by atoms with van der Waals surface area (Å²) in [6.07, 6.45) is 0. The Hall–Kier alpha value is -0.600. The van der Waals surface area contributed by atoms with Crippen LogP contribution in [-0.4, -0.2) is 18.1 Å². The first kappa shape index (κ1) is 6.40. The average Bonchev–Trinajstić information content (AvgIpc) is 1.72. The Balaban J connectivity index is 3.16. The summed E-state index contributed by atoms with van der Waals surface area (Å²) in [6, 6.07) is 0. The molecule has 0 fully saturated rings. The molecule has 0 heterocycles. The molecule has 0 amide bonds. The van der Waals surface area contributed by atoms with Crippen molar-refractivity contribution in [2.45, 2.75) is 13.8 Å². The molecule has 0 spiro atoms. The maximum atomic E-state index is 9.64. The first-order valence-corrected chi connectivity index (χ1v) is 2.43. The number of nitrogens with zero attached hydrogens (tertiary/aromatic N) is 2. The predicted octanol–water partition coefficient (Wildman–Crippen LogP) is 1.01. The summed E-state index contributed by atoms with van der Waals surface area (Å²) in [7, 11) is 0. The minimum Gasteiger partial charge on any atom is -0.261 e. The summed E-state index contributed by atoms with van der Waals surface area (Å²) in [5.74, 6) is 0. The first-order chi connectivity index (χ1) is 3.35. The maximum Gasteiger partial charge on any atom is 0.0523 e. The zero-order valence-electron chi connectivity index (χ0n) is 4.72. The molecule has 3 nitrogen and oxygen atoms in total. The first-order valence-electron chi connectivity index (χ1n) is 2.43. The normalized spacial score (nSPS) is 8.29. The van der Waals surface area contributed by atoms with Gasteiger partial charge in [0.1, 0.15) is 0 Å². The third kappa shape index (κ3) is 2.14. The molecule has 42 valence electrons. The van der Waals surface area contributed by atoms with Crippen molar-refractivity contribution in [3.63, 3.8) is 0 Å². The highest BCUT2D eigenvalue weighted by Crippen LogP contribution is 1.82. The maximum absolute atomic E-state index is 9.64. The SMILES string of the molecule is [13CH3][13CH2]N([13CH2][13CH3])N=O. The van der Waals surface area contributed by atoms with Crippen LogP contribution in [0.1, 0.15) is 13.8 Å². The van der Waals surface area contributed by atoms with Gasteiger partial charge in [-0.05, 0) is 13.8 Å². The summed E-state index contributed by atoms with van der Waals surface area (Å²) in [5, 5.41) is 4.15. The molecule has 0 rings (SSSR count). The smallest absolute Gasteiger partial charge is 0.0523 e. The molecule has 0 bridgehead atoms. The zero-order chi connectivity index (χ0) is 5.70. The Kier molecular flexibility index (Phi) is 3.28. The molecule has 0 aliphatic heterocycles. The van der Waals surface area contributed by atoms with Crippen molar-refractivity contribution in [3.8, 4) is 0 Å². The van der Waals surface area contributed by atoms with Crippen LogP contribution in [0.4, 0.5) is 0 Å². The van der Waals surface area contributed by atoms with E-state index in [9.17, 15) is 4.91 Å². The van der Waals surface area contributed by atoms with Crippen LogP contribution in [0.25, 0.3) is 0 Å². The molecule has 0 saturated carbocycles. The van der Waals surface area contributed by atoms with Gasteiger partial charge in [0.15, 0.2) is 0 Å². The van der Waals surface area contributed by atoms with Crippen LogP contribution >= 0.6 is 0 Å². The number of rotatable bonds is 3. The molecule has 0 aromatic heterocycles. The molecular weight excluding hydrogens is 96.0 g/mol. The molecule has 0 aromatic rings. The van der Waals surface area contributed by atoms with Gasteiger partial charge in [-0.15, -0.1) is 4.91 Å². The lowest BCUT2D eigenvalue weighted by molar-refractivity contribution is 0.317. The number of nitroso groups, excluding NO2 is 1. The summed E-state index contributed by atoms with van der Waals surface area (Å²) < 4.78 is 0. The van der Waals surface area contributed by atoms with Crippen LogP contribution in [-0.2, 0) is 0 Å². The van der Waals surface area contributed by atoms with E-state index in [0.717, 1.165) is 0 Å². The van der Waals surface area contributed by atoms with E-state index in [1.807, 2.05) is 13.8 Å². The summed E-state index contributed by atoms with van der Waals surface area (Å²) in [6.45, 7) is 5.20. The Morgan fingerprint density at radius 3 is 1.86 bits per heavy atom. The third-order valence-corrected chi connectivity index (χ3v) is 0.846.